The lowest BCUT2D eigenvalue weighted by Gasteiger charge is -2.31. The Bertz CT molecular complexity index is 1690. The van der Waals surface area contributed by atoms with Crippen LogP contribution in [-0.4, -0.2) is 195 Å². The summed E-state index contributed by atoms with van der Waals surface area (Å²) in [6.07, 6.45) is 9.41. The van der Waals surface area contributed by atoms with Crippen LogP contribution in [0.1, 0.15) is 201 Å². The molecular weight excluding hydrogens is 1400 g/mol. The van der Waals surface area contributed by atoms with E-state index in [0.29, 0.717) is 6.42 Å². The van der Waals surface area contributed by atoms with E-state index in [4.69, 9.17) is 57.8 Å². The minimum absolute atomic E-state index is 0. The molecule has 109 heavy (non-hydrogen) atoms. The van der Waals surface area contributed by atoms with Gasteiger partial charge in [0.15, 0.2) is 0 Å². The zero-order chi connectivity index (χ0) is 90.8. The highest BCUT2D eigenvalue weighted by molar-refractivity contribution is 5.91. The summed E-state index contributed by atoms with van der Waals surface area (Å²) in [4.78, 5) is 128. The molecule has 0 spiro atoms. The fraction of sp³-hybridized carbons (Fsp3) is 0.575. The number of hydrogen-bond donors (Lipinski definition) is 13. The highest BCUT2D eigenvalue weighted by atomic mass is 16.3. The first-order valence-electron chi connectivity index (χ1n) is 34.0. The maximum Gasteiger partial charge on any atom is 0.244 e. The van der Waals surface area contributed by atoms with E-state index >= 15 is 0 Å². The fourth-order valence-electron chi connectivity index (χ4n) is 4.65. The second-order valence-electron chi connectivity index (χ2n) is 18.4. The van der Waals surface area contributed by atoms with Gasteiger partial charge in [-0.25, -0.2) is 0 Å². The maximum atomic E-state index is 12.8. The van der Waals surface area contributed by atoms with Crippen LogP contribution < -0.4 is 70.1 Å². The Morgan fingerprint density at radius 2 is 0.606 bits per heavy atom. The van der Waals surface area contributed by atoms with Crippen molar-refractivity contribution in [2.75, 3.05) is 69.5 Å². The number of aliphatic hydroxyl groups excluding tert-OH is 1. The van der Waals surface area contributed by atoms with E-state index < -0.39 is 12.1 Å². The molecule has 2 atom stereocenters. The average Bonchev–Trinajstić information content (AvgIpc) is 0.851. The minimum atomic E-state index is -0.647. The predicted octanol–water partition coefficient (Wildman–Crippen LogP) is 11.9. The number of piperidine rings is 1. The van der Waals surface area contributed by atoms with Crippen molar-refractivity contribution in [3.63, 3.8) is 0 Å². The lowest BCUT2D eigenvalue weighted by Crippen LogP contribution is -2.54. The van der Waals surface area contributed by atoms with Crippen molar-refractivity contribution in [2.45, 2.75) is 221 Å². The molecule has 1 fully saturated rings. The van der Waals surface area contributed by atoms with Gasteiger partial charge in [0, 0.05) is 39.6 Å². The van der Waals surface area contributed by atoms with Crippen LogP contribution in [0.2, 0.25) is 0 Å². The lowest BCUT2D eigenvalue weighted by atomic mass is 10.0. The molecule has 0 unspecified atom stereocenters. The molecule has 28 N–H and O–H groups in total. The van der Waals surface area contributed by atoms with Crippen molar-refractivity contribution in [2.24, 2.45) is 57.9 Å². The first-order valence-corrected chi connectivity index (χ1v) is 34.0. The van der Waals surface area contributed by atoms with Crippen molar-refractivity contribution in [1.29, 1.82) is 0 Å². The SMILES string of the molecule is C=C(C)CC.C=O.C=O.C=O.C=O.C=O.C=O.C=O.C=O.C=O.C=O.C=O.CC.CC.CC(=O)N(C)[C@@H](Cc1ccccc1)C(=O)N[C@@H](C)C(=O)N1CCCCC1.CC(C)C.CC(C)O.CCC(C)C.CCC(C)C.CCc1ccccc1.CCc1ccccc1.CN.CN.CN.CN.CN.CN.CN.N.N.N.N. The number of carbonyl (C=O) groups excluding carboxylic acids is 14. The van der Waals surface area contributed by atoms with E-state index in [1.165, 1.54) is 90.7 Å². The normalized spacial score (nSPS) is 8.06. The van der Waals surface area contributed by atoms with Crippen LogP contribution in [-0.2, 0) is 86.4 Å². The van der Waals surface area contributed by atoms with Gasteiger partial charge >= 0.3 is 0 Å². The Kier molecular flexibility index (Phi) is 416. The predicted molar refractivity (Wildman–Crippen MR) is 477 cm³/mol. The monoisotopic (exact) mass is 1580 g/mol. The number of nitrogens with two attached hydrogens (primary N) is 7. The highest BCUT2D eigenvalue weighted by Crippen LogP contribution is 2.12. The zero-order valence-electron chi connectivity index (χ0n) is 75.3. The Hall–Kier alpha value is -8.30. The van der Waals surface area contributed by atoms with Crippen LogP contribution in [0.3, 0.4) is 0 Å². The molecule has 1 heterocycles. The van der Waals surface area contributed by atoms with Crippen molar-refractivity contribution < 1.29 is 72.2 Å². The third-order valence-corrected chi connectivity index (χ3v) is 9.67. The number of likely N-dealkylation sites (N-methyl/N-ethyl adjacent to an activating group) is 1. The molecule has 29 nitrogen and oxygen atoms in total. The van der Waals surface area contributed by atoms with Crippen molar-refractivity contribution in [1.82, 2.24) is 39.7 Å². The summed E-state index contributed by atoms with van der Waals surface area (Å²) in [5, 5.41) is 10.9. The number of carbonyl (C=O) groups is 14. The largest absolute Gasteiger partial charge is 0.394 e. The standard InChI is InChI=1S/C20H29N3O3.2C8H10.2C5H12.C5H10.C4H10.C3H8O.2C2H6.7CH5N.11CH2O.4H3N/c1-15(20(26)23-12-8-5-9-13-23)21-19(25)18(22(3)16(2)24)14-17-10-6-4-7-11-17;2*1-2-8-6-4-3-5-7-8;3*1-4-5(2)3;1-4(2)3;1-3(2)4;20*1-2;;;;/h4,6-7,10-11,15,18H,5,8-9,12-14H2,1-3H3,(H,21,25);2*3-7H,2H2,1H3;2*5H,4H2,1-3H3;2,4H2,1,3H3;4H,1-3H3;3-4H,1-2H3;2*1-2H3;7*2H2,1H3;11*1H2;4*1H3/t15-,18-;;;;;;;;;;;;;;;;;;;;;;;;;;;;;;;/m0.............................../s1. The van der Waals surface area contributed by atoms with Crippen molar-refractivity contribution >= 4 is 92.4 Å². The van der Waals surface area contributed by atoms with Crippen LogP contribution in [0.15, 0.2) is 103 Å². The molecule has 3 aromatic carbocycles. The second kappa shape index (κ2) is 239. The summed E-state index contributed by atoms with van der Waals surface area (Å²) >= 11 is 0. The molecule has 0 bridgehead atoms. The number of amides is 3. The van der Waals surface area contributed by atoms with Crippen LogP contribution in [0, 0.1) is 17.8 Å². The van der Waals surface area contributed by atoms with E-state index in [1.54, 1.807) is 27.8 Å². The van der Waals surface area contributed by atoms with E-state index in [2.05, 4.69) is 184 Å². The molecule has 3 aromatic rings. The molecule has 29 heteroatoms. The van der Waals surface area contributed by atoms with E-state index in [1.807, 2.05) is 157 Å². The molecule has 4 rings (SSSR count). The molecule has 1 aliphatic rings. The number of benzene rings is 3. The van der Waals surface area contributed by atoms with Crippen LogP contribution >= 0.6 is 0 Å². The van der Waals surface area contributed by atoms with Crippen LogP contribution in [0.4, 0.5) is 0 Å². The number of aliphatic hydroxyl groups is 1. The van der Waals surface area contributed by atoms with Gasteiger partial charge in [-0.1, -0.05) is 220 Å². The number of rotatable bonds is 11. The van der Waals surface area contributed by atoms with Gasteiger partial charge in [-0.15, -0.1) is 6.58 Å². The molecule has 0 aliphatic carbocycles. The number of nitrogens with one attached hydrogen (secondary N) is 1. The van der Waals surface area contributed by atoms with Gasteiger partial charge in [0.2, 0.25) is 17.7 Å². The molecule has 3 amide bonds. The third-order valence-electron chi connectivity index (χ3n) is 9.67. The first kappa shape index (κ1) is 189. The van der Waals surface area contributed by atoms with Gasteiger partial charge in [0.25, 0.3) is 0 Å². The highest BCUT2D eigenvalue weighted by Gasteiger charge is 2.29. The number of likely N-dealkylation sites (tertiary alicyclic amines) is 1. The van der Waals surface area contributed by atoms with Gasteiger partial charge in [-0.05, 0) is 150 Å². The summed E-state index contributed by atoms with van der Waals surface area (Å²) in [7, 11) is 12.1. The quantitative estimate of drug-likeness (QED) is 0.0793. The van der Waals surface area contributed by atoms with Crippen LogP contribution in [0.25, 0.3) is 0 Å². The van der Waals surface area contributed by atoms with Crippen molar-refractivity contribution in [3.8, 4) is 0 Å². The molecule has 662 valence electrons. The smallest absolute Gasteiger partial charge is 0.244 e. The molecule has 0 radical (unpaired) electrons. The molecular formula is C80H182N14O15. The average molecular weight is 1580 g/mol. The van der Waals surface area contributed by atoms with Crippen LogP contribution in [0.5, 0.6) is 0 Å². The van der Waals surface area contributed by atoms with Gasteiger partial charge in [0.1, 0.15) is 86.8 Å². The number of allylic oxidation sites excluding steroid dienone is 1. The van der Waals surface area contributed by atoms with Gasteiger partial charge in [-0.2, -0.15) is 0 Å². The fourth-order valence-corrected chi connectivity index (χ4v) is 4.65. The molecule has 1 saturated heterocycles. The molecule has 0 aromatic heterocycles. The van der Waals surface area contributed by atoms with Gasteiger partial charge < -0.3 is 138 Å². The van der Waals surface area contributed by atoms with E-state index in [0.717, 1.165) is 74.9 Å². The second-order valence-corrected chi connectivity index (χ2v) is 18.4. The van der Waals surface area contributed by atoms with Crippen molar-refractivity contribution in [3.05, 3.63) is 120 Å². The van der Waals surface area contributed by atoms with Gasteiger partial charge in [0.05, 0.1) is 0 Å². The Morgan fingerprint density at radius 3 is 0.752 bits per heavy atom. The summed E-state index contributed by atoms with van der Waals surface area (Å²) in [6.45, 7) is 70.0. The van der Waals surface area contributed by atoms with Gasteiger partial charge in [-0.3, -0.25) is 14.4 Å². The number of aryl methyl sites for hydroxylation is 2. The lowest BCUT2D eigenvalue weighted by molar-refractivity contribution is -0.140. The summed E-state index contributed by atoms with van der Waals surface area (Å²) < 4.78 is 0. The topological polar surface area (TPSA) is 600 Å². The van der Waals surface area contributed by atoms with E-state index in [-0.39, 0.29) is 48.4 Å². The Labute approximate surface area is 670 Å². The maximum absolute atomic E-state index is 12.8. The Balaban J connectivity index is -0.0000000263. The van der Waals surface area contributed by atoms with E-state index in [9.17, 15) is 14.4 Å². The number of nitrogens with zero attached hydrogens (tertiary/aromatic N) is 2. The third kappa shape index (κ3) is 250. The summed E-state index contributed by atoms with van der Waals surface area (Å²) in [6, 6.07) is 29.2. The molecule has 0 saturated carbocycles. The zero-order valence-corrected chi connectivity index (χ0v) is 75.3. The molecule has 1 aliphatic heterocycles. The Morgan fingerprint density at radius 1 is 0.422 bits per heavy atom. The first-order chi connectivity index (χ1) is 50.5. The summed E-state index contributed by atoms with van der Waals surface area (Å²) in [5.74, 6) is 2.06. The number of hydrogen-bond acceptors (Lipinski definition) is 26. The minimum Gasteiger partial charge on any atom is -0.394 e. The summed E-state index contributed by atoms with van der Waals surface area (Å²) in [5.41, 5.74) is 36.5.